The number of thioether (sulfide) groups is 1. The van der Waals surface area contributed by atoms with Crippen molar-refractivity contribution in [3.8, 4) is 0 Å². The molecule has 5 nitrogen and oxygen atoms in total. The van der Waals surface area contributed by atoms with Gasteiger partial charge in [-0.1, -0.05) is 53.7 Å². The van der Waals surface area contributed by atoms with Crippen molar-refractivity contribution in [3.63, 3.8) is 0 Å². The minimum absolute atomic E-state index is 0.0670. The van der Waals surface area contributed by atoms with Gasteiger partial charge in [0.1, 0.15) is 10.8 Å². The highest BCUT2D eigenvalue weighted by molar-refractivity contribution is 7.99. The molecular formula is C23H21N3O2S. The maximum absolute atomic E-state index is 12.3. The van der Waals surface area contributed by atoms with Crippen LogP contribution in [0.25, 0.3) is 11.0 Å². The molecule has 146 valence electrons. The summed E-state index contributed by atoms with van der Waals surface area (Å²) in [5, 5.41) is 3.66. The standard InChI is InChI=1S/C23H21N3O2S/c1-16-8-10-17(11-9-16)13-21-23(26-20-7-3-2-6-19(20)25-21)29-15-22(27)24-14-18-5-4-12-28-18/h2-12H,13-15H2,1H3,(H,24,27). The molecule has 2 aromatic carbocycles. The smallest absolute Gasteiger partial charge is 0.230 e. The summed E-state index contributed by atoms with van der Waals surface area (Å²) >= 11 is 1.41. The Morgan fingerprint density at radius 2 is 1.76 bits per heavy atom. The number of nitrogens with zero attached hydrogens (tertiary/aromatic N) is 2. The third-order valence-corrected chi connectivity index (χ3v) is 5.48. The summed E-state index contributed by atoms with van der Waals surface area (Å²) in [7, 11) is 0. The van der Waals surface area contributed by atoms with Crippen molar-refractivity contribution in [1.29, 1.82) is 0 Å². The summed E-state index contributed by atoms with van der Waals surface area (Å²) in [5.41, 5.74) is 4.97. The second kappa shape index (κ2) is 8.92. The van der Waals surface area contributed by atoms with Gasteiger partial charge in [-0.05, 0) is 36.8 Å². The van der Waals surface area contributed by atoms with Crippen LogP contribution in [0.5, 0.6) is 0 Å². The van der Waals surface area contributed by atoms with Gasteiger partial charge in [0.2, 0.25) is 5.91 Å². The predicted octanol–water partition coefficient (Wildman–Crippen LogP) is 4.53. The summed E-state index contributed by atoms with van der Waals surface area (Å²) in [6.45, 7) is 2.45. The molecule has 0 spiro atoms. The average molecular weight is 404 g/mol. The monoisotopic (exact) mass is 403 g/mol. The van der Waals surface area contributed by atoms with Crippen molar-refractivity contribution in [3.05, 3.63) is 89.5 Å². The summed E-state index contributed by atoms with van der Waals surface area (Å²) in [4.78, 5) is 21.9. The molecule has 6 heteroatoms. The molecule has 0 unspecified atom stereocenters. The van der Waals surface area contributed by atoms with Crippen LogP contribution in [0.3, 0.4) is 0 Å². The number of hydrogen-bond donors (Lipinski definition) is 1. The highest BCUT2D eigenvalue weighted by atomic mass is 32.2. The molecule has 0 saturated heterocycles. The molecule has 0 saturated carbocycles. The van der Waals surface area contributed by atoms with Gasteiger partial charge in [0.15, 0.2) is 0 Å². The molecule has 4 aromatic rings. The maximum atomic E-state index is 12.3. The number of furan rings is 1. The van der Waals surface area contributed by atoms with Gasteiger partial charge in [0.25, 0.3) is 0 Å². The van der Waals surface area contributed by atoms with E-state index in [0.717, 1.165) is 27.5 Å². The topological polar surface area (TPSA) is 68.0 Å². The van der Waals surface area contributed by atoms with Crippen LogP contribution in [0.4, 0.5) is 0 Å². The van der Waals surface area contributed by atoms with E-state index >= 15 is 0 Å². The van der Waals surface area contributed by atoms with Crippen molar-refractivity contribution < 1.29 is 9.21 Å². The third-order valence-electron chi connectivity index (χ3n) is 4.48. The van der Waals surface area contributed by atoms with Crippen LogP contribution in [0.15, 0.2) is 76.4 Å². The van der Waals surface area contributed by atoms with E-state index in [1.165, 1.54) is 22.9 Å². The Bertz CT molecular complexity index is 1110. The Kier molecular flexibility index (Phi) is 5.91. The van der Waals surface area contributed by atoms with Gasteiger partial charge in [0.05, 0.1) is 35.3 Å². The van der Waals surface area contributed by atoms with Gasteiger partial charge in [0, 0.05) is 6.42 Å². The van der Waals surface area contributed by atoms with Crippen LogP contribution in [-0.2, 0) is 17.8 Å². The largest absolute Gasteiger partial charge is 0.467 e. The first-order valence-corrected chi connectivity index (χ1v) is 10.4. The molecule has 0 aliphatic heterocycles. The fourth-order valence-electron chi connectivity index (χ4n) is 2.93. The SMILES string of the molecule is Cc1ccc(Cc2nc3ccccc3nc2SCC(=O)NCc2ccco2)cc1. The van der Waals surface area contributed by atoms with E-state index in [1.54, 1.807) is 12.3 Å². The van der Waals surface area contributed by atoms with Crippen LogP contribution in [0, 0.1) is 6.92 Å². The van der Waals surface area contributed by atoms with E-state index < -0.39 is 0 Å². The second-order valence-electron chi connectivity index (χ2n) is 6.77. The first-order chi connectivity index (χ1) is 14.2. The van der Waals surface area contributed by atoms with E-state index in [-0.39, 0.29) is 11.7 Å². The number of hydrogen-bond acceptors (Lipinski definition) is 5. The van der Waals surface area contributed by atoms with Gasteiger partial charge < -0.3 is 9.73 Å². The van der Waals surface area contributed by atoms with Crippen LogP contribution in [0.2, 0.25) is 0 Å². The summed E-state index contributed by atoms with van der Waals surface area (Å²) in [5.74, 6) is 0.936. The van der Waals surface area contributed by atoms with Gasteiger partial charge >= 0.3 is 0 Å². The summed E-state index contributed by atoms with van der Waals surface area (Å²) in [6.07, 6.45) is 2.27. The molecule has 2 aromatic heterocycles. The number of fused-ring (bicyclic) bond motifs is 1. The van der Waals surface area contributed by atoms with Crippen molar-refractivity contribution in [2.45, 2.75) is 24.9 Å². The average Bonchev–Trinajstić information content (AvgIpc) is 3.26. The third kappa shape index (κ3) is 5.03. The zero-order valence-corrected chi connectivity index (χ0v) is 16.9. The molecule has 0 aliphatic rings. The normalized spacial score (nSPS) is 10.9. The Balaban J connectivity index is 1.51. The molecule has 1 amide bonds. The lowest BCUT2D eigenvalue weighted by molar-refractivity contribution is -0.118. The minimum atomic E-state index is -0.0670. The molecule has 0 atom stereocenters. The number of carbonyl (C=O) groups is 1. The fourth-order valence-corrected chi connectivity index (χ4v) is 3.75. The molecule has 0 bridgehead atoms. The number of carbonyl (C=O) groups excluding carboxylic acids is 1. The Morgan fingerprint density at radius 1 is 1.00 bits per heavy atom. The van der Waals surface area contributed by atoms with Crippen molar-refractivity contribution >= 4 is 28.7 Å². The van der Waals surface area contributed by atoms with Crippen molar-refractivity contribution in [2.75, 3.05) is 5.75 Å². The molecular weight excluding hydrogens is 382 g/mol. The van der Waals surface area contributed by atoms with Crippen LogP contribution < -0.4 is 5.32 Å². The summed E-state index contributed by atoms with van der Waals surface area (Å²) < 4.78 is 5.24. The lowest BCUT2D eigenvalue weighted by atomic mass is 10.1. The zero-order chi connectivity index (χ0) is 20.1. The van der Waals surface area contributed by atoms with E-state index in [0.29, 0.717) is 13.0 Å². The highest BCUT2D eigenvalue weighted by Gasteiger charge is 2.13. The highest BCUT2D eigenvalue weighted by Crippen LogP contribution is 2.24. The lowest BCUT2D eigenvalue weighted by Gasteiger charge is -2.10. The number of benzene rings is 2. The Hall–Kier alpha value is -3.12. The molecule has 4 rings (SSSR count). The van der Waals surface area contributed by atoms with Crippen LogP contribution >= 0.6 is 11.8 Å². The van der Waals surface area contributed by atoms with Gasteiger partial charge in [-0.15, -0.1) is 0 Å². The zero-order valence-electron chi connectivity index (χ0n) is 16.1. The van der Waals surface area contributed by atoms with E-state index in [4.69, 9.17) is 14.4 Å². The van der Waals surface area contributed by atoms with Gasteiger partial charge in [-0.25, -0.2) is 9.97 Å². The van der Waals surface area contributed by atoms with Gasteiger partial charge in [-0.3, -0.25) is 4.79 Å². The van der Waals surface area contributed by atoms with E-state index in [9.17, 15) is 4.79 Å². The second-order valence-corrected chi connectivity index (χ2v) is 7.74. The van der Waals surface area contributed by atoms with Crippen molar-refractivity contribution in [1.82, 2.24) is 15.3 Å². The predicted molar refractivity (Wildman–Crippen MR) is 115 cm³/mol. The number of para-hydroxylation sites is 2. The Morgan fingerprint density at radius 3 is 2.48 bits per heavy atom. The molecule has 29 heavy (non-hydrogen) atoms. The molecule has 0 aliphatic carbocycles. The first-order valence-electron chi connectivity index (χ1n) is 9.40. The van der Waals surface area contributed by atoms with Crippen LogP contribution in [0.1, 0.15) is 22.6 Å². The number of aryl methyl sites for hydroxylation is 1. The molecule has 0 radical (unpaired) electrons. The summed E-state index contributed by atoms with van der Waals surface area (Å²) in [6, 6.07) is 19.9. The molecule has 1 N–H and O–H groups in total. The van der Waals surface area contributed by atoms with Gasteiger partial charge in [-0.2, -0.15) is 0 Å². The Labute approximate surface area is 173 Å². The molecule has 0 fully saturated rings. The van der Waals surface area contributed by atoms with Crippen LogP contribution in [-0.4, -0.2) is 21.6 Å². The number of rotatable bonds is 7. The number of amides is 1. The quantitative estimate of drug-likeness (QED) is 0.459. The number of nitrogens with one attached hydrogen (secondary N) is 1. The van der Waals surface area contributed by atoms with E-state index in [1.807, 2.05) is 30.3 Å². The number of aromatic nitrogens is 2. The van der Waals surface area contributed by atoms with E-state index in [2.05, 4.69) is 36.5 Å². The first kappa shape index (κ1) is 19.2. The minimum Gasteiger partial charge on any atom is -0.467 e. The lowest BCUT2D eigenvalue weighted by Crippen LogP contribution is -2.24. The van der Waals surface area contributed by atoms with Crippen molar-refractivity contribution in [2.24, 2.45) is 0 Å². The maximum Gasteiger partial charge on any atom is 0.230 e. The fraction of sp³-hybridized carbons (Fsp3) is 0.174. The molecule has 2 heterocycles.